The van der Waals surface area contributed by atoms with E-state index in [-0.39, 0.29) is 5.41 Å². The van der Waals surface area contributed by atoms with Gasteiger partial charge in [-0.05, 0) is 94.0 Å². The molecule has 0 saturated heterocycles. The second-order valence-corrected chi connectivity index (χ2v) is 13.0. The van der Waals surface area contributed by atoms with Crippen LogP contribution in [0.5, 0.6) is 0 Å². The fraction of sp³-hybridized carbons (Fsp3) is 0.0667. The molecule has 7 aromatic carbocycles. The molecule has 1 aromatic heterocycles. The molecule has 0 amide bonds. The van der Waals surface area contributed by atoms with E-state index in [0.29, 0.717) is 0 Å². The molecule has 2 heteroatoms. The molecule has 1 aliphatic rings. The van der Waals surface area contributed by atoms with Crippen LogP contribution in [-0.2, 0) is 5.41 Å². The van der Waals surface area contributed by atoms with Crippen LogP contribution in [-0.4, -0.2) is 4.57 Å². The largest absolute Gasteiger partial charge is 0.311 e. The number of rotatable bonds is 5. The van der Waals surface area contributed by atoms with Crippen LogP contribution in [0.15, 0.2) is 170 Å². The third kappa shape index (κ3) is 4.26. The monoisotopic (exact) mass is 602 g/mol. The van der Waals surface area contributed by atoms with Gasteiger partial charge >= 0.3 is 0 Å². The maximum Gasteiger partial charge on any atom is 0.0544 e. The second kappa shape index (κ2) is 10.6. The first-order valence-electron chi connectivity index (χ1n) is 16.4. The zero-order chi connectivity index (χ0) is 31.5. The van der Waals surface area contributed by atoms with Crippen LogP contribution in [0, 0.1) is 0 Å². The van der Waals surface area contributed by atoms with Crippen molar-refractivity contribution in [3.05, 3.63) is 181 Å². The molecule has 0 fully saturated rings. The Bertz CT molecular complexity index is 2400. The first-order chi connectivity index (χ1) is 23.1. The molecule has 1 heterocycles. The molecule has 8 aromatic rings. The van der Waals surface area contributed by atoms with E-state index in [1.807, 2.05) is 0 Å². The smallest absolute Gasteiger partial charge is 0.0544 e. The molecule has 0 saturated carbocycles. The van der Waals surface area contributed by atoms with Crippen LogP contribution in [0.2, 0.25) is 0 Å². The minimum Gasteiger partial charge on any atom is -0.311 e. The first kappa shape index (κ1) is 27.5. The van der Waals surface area contributed by atoms with Gasteiger partial charge in [-0.25, -0.2) is 0 Å². The number of aromatic nitrogens is 1. The predicted molar refractivity (Wildman–Crippen MR) is 198 cm³/mol. The van der Waals surface area contributed by atoms with E-state index >= 15 is 0 Å². The lowest BCUT2D eigenvalue weighted by atomic mass is 9.80. The van der Waals surface area contributed by atoms with Gasteiger partial charge in [0.05, 0.1) is 11.0 Å². The maximum absolute atomic E-state index is 2.44. The molecule has 0 N–H and O–H groups in total. The van der Waals surface area contributed by atoms with Crippen molar-refractivity contribution in [2.75, 3.05) is 4.90 Å². The summed E-state index contributed by atoms with van der Waals surface area (Å²) in [5, 5.41) is 2.65. The zero-order valence-electron chi connectivity index (χ0n) is 26.6. The van der Waals surface area contributed by atoms with Crippen LogP contribution in [0.3, 0.4) is 0 Å². The molecular formula is C45H34N2. The Balaban J connectivity index is 1.18. The van der Waals surface area contributed by atoms with Gasteiger partial charge in [-0.3, -0.25) is 0 Å². The number of benzene rings is 7. The van der Waals surface area contributed by atoms with Gasteiger partial charge in [0.2, 0.25) is 0 Å². The topological polar surface area (TPSA) is 8.17 Å². The zero-order valence-corrected chi connectivity index (χ0v) is 26.6. The summed E-state index contributed by atoms with van der Waals surface area (Å²) in [5.74, 6) is 0. The Kier molecular flexibility index (Phi) is 6.20. The van der Waals surface area contributed by atoms with E-state index in [1.165, 1.54) is 55.2 Å². The number of fused-ring (bicyclic) bond motifs is 7. The molecule has 0 atom stereocenters. The van der Waals surface area contributed by atoms with Crippen LogP contribution in [0.1, 0.15) is 25.0 Å². The molecule has 0 bridgehead atoms. The second-order valence-electron chi connectivity index (χ2n) is 13.0. The molecule has 47 heavy (non-hydrogen) atoms. The molecule has 0 radical (unpaired) electrons. The van der Waals surface area contributed by atoms with Crippen molar-refractivity contribution < 1.29 is 0 Å². The van der Waals surface area contributed by atoms with Gasteiger partial charge in [-0.15, -0.1) is 0 Å². The van der Waals surface area contributed by atoms with Crippen molar-refractivity contribution in [2.24, 2.45) is 0 Å². The number of para-hydroxylation sites is 2. The van der Waals surface area contributed by atoms with E-state index in [2.05, 4.69) is 193 Å². The Morgan fingerprint density at radius 3 is 1.77 bits per heavy atom. The van der Waals surface area contributed by atoms with Gasteiger partial charge in [0, 0.05) is 38.9 Å². The average Bonchev–Trinajstić information content (AvgIpc) is 3.58. The van der Waals surface area contributed by atoms with Crippen molar-refractivity contribution in [3.63, 3.8) is 0 Å². The number of anilines is 3. The quantitative estimate of drug-likeness (QED) is 0.190. The lowest BCUT2D eigenvalue weighted by Gasteiger charge is -2.26. The van der Waals surface area contributed by atoms with Crippen molar-refractivity contribution in [3.8, 4) is 27.9 Å². The fourth-order valence-corrected chi connectivity index (χ4v) is 7.82. The molecule has 0 unspecified atom stereocenters. The molecule has 2 nitrogen and oxygen atoms in total. The summed E-state index contributed by atoms with van der Waals surface area (Å²) in [5.41, 5.74) is 14.9. The predicted octanol–water partition coefficient (Wildman–Crippen LogP) is 12.2. The van der Waals surface area contributed by atoms with Gasteiger partial charge in [0.1, 0.15) is 0 Å². The van der Waals surface area contributed by atoms with E-state index < -0.39 is 0 Å². The van der Waals surface area contributed by atoms with Gasteiger partial charge in [0.15, 0.2) is 0 Å². The number of nitrogens with zero attached hydrogens (tertiary/aromatic N) is 2. The average molecular weight is 603 g/mol. The number of hydrogen-bond acceptors (Lipinski definition) is 1. The van der Waals surface area contributed by atoms with Gasteiger partial charge in [-0.1, -0.05) is 123 Å². The SMILES string of the molecule is CC1(C)c2ccccc2-c2ccc3c(c21)c1ccccc1n3-c1ccc(N(c2ccccc2)c2ccc(-c3ccccc3)cc2)cc1. The van der Waals surface area contributed by atoms with Gasteiger partial charge < -0.3 is 9.47 Å². The first-order valence-corrected chi connectivity index (χ1v) is 16.4. The molecule has 0 aliphatic heterocycles. The molecule has 0 spiro atoms. The summed E-state index contributed by atoms with van der Waals surface area (Å²) in [4.78, 5) is 2.33. The molecule has 1 aliphatic carbocycles. The highest BCUT2D eigenvalue weighted by atomic mass is 15.1. The normalized spacial score (nSPS) is 13.1. The third-order valence-corrected chi connectivity index (χ3v) is 9.97. The number of hydrogen-bond donors (Lipinski definition) is 0. The Labute approximate surface area is 275 Å². The van der Waals surface area contributed by atoms with Crippen molar-refractivity contribution in [1.82, 2.24) is 4.57 Å². The Morgan fingerprint density at radius 2 is 1.02 bits per heavy atom. The van der Waals surface area contributed by atoms with Crippen LogP contribution < -0.4 is 4.90 Å². The van der Waals surface area contributed by atoms with Crippen molar-refractivity contribution >= 4 is 38.9 Å². The van der Waals surface area contributed by atoms with E-state index in [0.717, 1.165) is 22.7 Å². The molecule has 224 valence electrons. The lowest BCUT2D eigenvalue weighted by Crippen LogP contribution is -2.15. The summed E-state index contributed by atoms with van der Waals surface area (Å²) >= 11 is 0. The summed E-state index contributed by atoms with van der Waals surface area (Å²) in [7, 11) is 0. The highest BCUT2D eigenvalue weighted by molar-refractivity contribution is 6.14. The highest BCUT2D eigenvalue weighted by Gasteiger charge is 2.37. The fourth-order valence-electron chi connectivity index (χ4n) is 7.82. The summed E-state index contributed by atoms with van der Waals surface area (Å²) in [6, 6.07) is 61.5. The Morgan fingerprint density at radius 1 is 0.447 bits per heavy atom. The summed E-state index contributed by atoms with van der Waals surface area (Å²) in [6.07, 6.45) is 0. The van der Waals surface area contributed by atoms with Crippen molar-refractivity contribution in [2.45, 2.75) is 19.3 Å². The van der Waals surface area contributed by atoms with E-state index in [1.54, 1.807) is 0 Å². The standard InChI is InChI=1S/C45H34N2/c1-45(2)40-19-11-9-17-37(40)38-29-30-42-43(44(38)45)39-18-10-12-20-41(39)47(42)36-27-25-35(26-28-36)46(33-15-7-4-8-16-33)34-23-21-32(22-24-34)31-13-5-3-6-14-31/h3-30H,1-2H3. The third-order valence-electron chi connectivity index (χ3n) is 9.97. The molecule has 9 rings (SSSR count). The van der Waals surface area contributed by atoms with E-state index in [9.17, 15) is 0 Å². The minimum atomic E-state index is -0.0868. The van der Waals surface area contributed by atoms with Gasteiger partial charge in [-0.2, -0.15) is 0 Å². The van der Waals surface area contributed by atoms with Crippen LogP contribution in [0.4, 0.5) is 17.1 Å². The Hall–Kier alpha value is -5.86. The maximum atomic E-state index is 2.44. The summed E-state index contributed by atoms with van der Waals surface area (Å²) in [6.45, 7) is 4.76. The minimum absolute atomic E-state index is 0.0868. The van der Waals surface area contributed by atoms with Crippen LogP contribution in [0.25, 0.3) is 49.7 Å². The summed E-state index contributed by atoms with van der Waals surface area (Å²) < 4.78 is 2.44. The van der Waals surface area contributed by atoms with Crippen LogP contribution >= 0.6 is 0 Å². The van der Waals surface area contributed by atoms with Gasteiger partial charge in [0.25, 0.3) is 0 Å². The molecular weight excluding hydrogens is 569 g/mol. The van der Waals surface area contributed by atoms with Crippen molar-refractivity contribution in [1.29, 1.82) is 0 Å². The lowest BCUT2D eigenvalue weighted by molar-refractivity contribution is 0.666. The van der Waals surface area contributed by atoms with E-state index in [4.69, 9.17) is 0 Å². The highest BCUT2D eigenvalue weighted by Crippen LogP contribution is 2.53.